The van der Waals surface area contributed by atoms with Crippen molar-refractivity contribution in [1.29, 1.82) is 0 Å². The van der Waals surface area contributed by atoms with Gasteiger partial charge in [-0.3, -0.25) is 15.0 Å². The number of carboxylic acid groups (broad SMARTS) is 1. The highest BCUT2D eigenvalue weighted by molar-refractivity contribution is 6.32. The molecule has 4 rings (SSSR count). The quantitative estimate of drug-likeness (QED) is 0.505. The van der Waals surface area contributed by atoms with Crippen LogP contribution in [0.15, 0.2) is 70.7 Å². The van der Waals surface area contributed by atoms with Crippen molar-refractivity contribution in [3.05, 3.63) is 82.6 Å². The first kappa shape index (κ1) is 18.5. The van der Waals surface area contributed by atoms with Crippen LogP contribution in [0.2, 0.25) is 5.02 Å². The van der Waals surface area contributed by atoms with Crippen molar-refractivity contribution in [3.8, 4) is 11.3 Å². The number of carbonyl (C=O) groups excluding carboxylic acids is 2. The minimum absolute atomic E-state index is 0.0176. The Hall–Kier alpha value is -3.84. The smallest absolute Gasteiger partial charge is 0.336 e. The molecule has 1 fully saturated rings. The van der Waals surface area contributed by atoms with E-state index in [9.17, 15) is 19.5 Å². The van der Waals surface area contributed by atoms with E-state index in [4.69, 9.17) is 16.0 Å². The SMILES string of the molecule is O=C1NN(c2ccccc2)C(=O)C1=Cc1ccc(-c2ccc(Cl)cc2C(=O)O)o1. The van der Waals surface area contributed by atoms with Crippen LogP contribution in [0, 0.1) is 0 Å². The molecule has 3 aromatic rings. The Labute approximate surface area is 169 Å². The molecule has 0 radical (unpaired) electrons. The summed E-state index contributed by atoms with van der Waals surface area (Å²) in [6, 6.07) is 16.2. The lowest BCUT2D eigenvalue weighted by Crippen LogP contribution is -2.35. The minimum atomic E-state index is -1.15. The van der Waals surface area contributed by atoms with E-state index < -0.39 is 17.8 Å². The second-order valence-electron chi connectivity index (χ2n) is 6.17. The van der Waals surface area contributed by atoms with Crippen LogP contribution in [-0.2, 0) is 9.59 Å². The van der Waals surface area contributed by atoms with Gasteiger partial charge >= 0.3 is 5.97 Å². The Morgan fingerprint density at radius 1 is 1.07 bits per heavy atom. The van der Waals surface area contributed by atoms with Gasteiger partial charge in [-0.05, 0) is 48.5 Å². The predicted octanol–water partition coefficient (Wildman–Crippen LogP) is 3.76. The second kappa shape index (κ2) is 7.29. The fourth-order valence-corrected chi connectivity index (χ4v) is 3.11. The number of nitrogens with zero attached hydrogens (tertiary/aromatic N) is 1. The van der Waals surface area contributed by atoms with Crippen LogP contribution in [0.4, 0.5) is 5.69 Å². The van der Waals surface area contributed by atoms with Crippen molar-refractivity contribution in [2.75, 3.05) is 5.01 Å². The Balaban J connectivity index is 1.66. The van der Waals surface area contributed by atoms with E-state index in [2.05, 4.69) is 5.43 Å². The number of carbonyl (C=O) groups is 3. The number of hydrogen-bond acceptors (Lipinski definition) is 4. The summed E-state index contributed by atoms with van der Waals surface area (Å²) in [6.07, 6.45) is 1.32. The lowest BCUT2D eigenvalue weighted by molar-refractivity contribution is -0.117. The maximum absolute atomic E-state index is 12.6. The molecular weight excluding hydrogens is 396 g/mol. The number of anilines is 1. The molecule has 29 heavy (non-hydrogen) atoms. The van der Waals surface area contributed by atoms with Crippen LogP contribution in [-0.4, -0.2) is 22.9 Å². The molecule has 0 spiro atoms. The van der Waals surface area contributed by atoms with Crippen LogP contribution in [0.5, 0.6) is 0 Å². The van der Waals surface area contributed by atoms with E-state index in [1.807, 2.05) is 0 Å². The van der Waals surface area contributed by atoms with Crippen molar-refractivity contribution < 1.29 is 23.9 Å². The average Bonchev–Trinajstić information content (AvgIpc) is 3.28. The molecule has 0 bridgehead atoms. The van der Waals surface area contributed by atoms with Gasteiger partial charge in [0.1, 0.15) is 17.1 Å². The summed E-state index contributed by atoms with van der Waals surface area (Å²) in [7, 11) is 0. The molecule has 2 heterocycles. The number of hydrazine groups is 1. The number of halogens is 1. The maximum atomic E-state index is 12.6. The lowest BCUT2D eigenvalue weighted by Gasteiger charge is -2.13. The van der Waals surface area contributed by atoms with Gasteiger partial charge in [0.2, 0.25) is 0 Å². The first-order chi connectivity index (χ1) is 13.9. The Kier molecular flexibility index (Phi) is 4.66. The van der Waals surface area contributed by atoms with E-state index >= 15 is 0 Å². The van der Waals surface area contributed by atoms with Crippen LogP contribution in [0.1, 0.15) is 16.1 Å². The fraction of sp³-hybridized carbons (Fsp3) is 0. The zero-order valence-corrected chi connectivity index (χ0v) is 15.5. The number of para-hydroxylation sites is 1. The fourth-order valence-electron chi connectivity index (χ4n) is 2.94. The largest absolute Gasteiger partial charge is 0.478 e. The van der Waals surface area contributed by atoms with Gasteiger partial charge in [0.15, 0.2) is 0 Å². The Morgan fingerprint density at radius 3 is 2.55 bits per heavy atom. The summed E-state index contributed by atoms with van der Waals surface area (Å²) >= 11 is 5.87. The van der Waals surface area contributed by atoms with Gasteiger partial charge in [0.25, 0.3) is 11.8 Å². The zero-order valence-electron chi connectivity index (χ0n) is 14.8. The van der Waals surface area contributed by atoms with Crippen LogP contribution >= 0.6 is 11.6 Å². The highest BCUT2D eigenvalue weighted by atomic mass is 35.5. The number of rotatable bonds is 4. The molecule has 1 aliphatic rings. The summed E-state index contributed by atoms with van der Waals surface area (Å²) in [5.74, 6) is -1.72. The van der Waals surface area contributed by atoms with Gasteiger partial charge in [-0.1, -0.05) is 29.8 Å². The first-order valence-corrected chi connectivity index (χ1v) is 8.87. The van der Waals surface area contributed by atoms with Gasteiger partial charge in [-0.25, -0.2) is 9.80 Å². The standard InChI is InChI=1S/C21H13ClN2O5/c22-12-6-8-15(16(10-12)21(27)28)18-9-7-14(29-18)11-17-19(25)23-24(20(17)26)13-4-2-1-3-5-13/h1-11H,(H,23,25)(H,27,28). The third-order valence-electron chi connectivity index (χ3n) is 4.30. The van der Waals surface area contributed by atoms with Crippen molar-refractivity contribution in [2.45, 2.75) is 0 Å². The van der Waals surface area contributed by atoms with Gasteiger partial charge < -0.3 is 9.52 Å². The van der Waals surface area contributed by atoms with E-state index in [0.29, 0.717) is 11.3 Å². The van der Waals surface area contributed by atoms with E-state index in [1.54, 1.807) is 48.5 Å². The molecule has 7 nitrogen and oxygen atoms in total. The first-order valence-electron chi connectivity index (χ1n) is 8.49. The van der Waals surface area contributed by atoms with Crippen molar-refractivity contribution in [3.63, 3.8) is 0 Å². The van der Waals surface area contributed by atoms with E-state index in [1.165, 1.54) is 18.2 Å². The number of nitrogens with one attached hydrogen (secondary N) is 1. The summed E-state index contributed by atoms with van der Waals surface area (Å²) in [4.78, 5) is 36.3. The molecule has 1 saturated heterocycles. The molecule has 2 N–H and O–H groups in total. The summed E-state index contributed by atoms with van der Waals surface area (Å²) in [5, 5.41) is 10.8. The molecule has 0 saturated carbocycles. The maximum Gasteiger partial charge on any atom is 0.336 e. The molecular formula is C21H13ClN2O5. The average molecular weight is 409 g/mol. The molecule has 1 aromatic heterocycles. The molecule has 8 heteroatoms. The van der Waals surface area contributed by atoms with Crippen molar-refractivity contribution in [2.24, 2.45) is 0 Å². The topological polar surface area (TPSA) is 99.9 Å². The highest BCUT2D eigenvalue weighted by Gasteiger charge is 2.34. The number of furan rings is 1. The second-order valence-corrected chi connectivity index (χ2v) is 6.61. The normalized spacial score (nSPS) is 15.1. The number of aromatic carboxylic acids is 1. The summed E-state index contributed by atoms with van der Waals surface area (Å²) in [5.41, 5.74) is 3.25. The molecule has 1 aliphatic heterocycles. The number of hydrogen-bond donors (Lipinski definition) is 2. The number of amides is 2. The minimum Gasteiger partial charge on any atom is -0.478 e. The monoisotopic (exact) mass is 408 g/mol. The predicted molar refractivity (Wildman–Crippen MR) is 106 cm³/mol. The van der Waals surface area contributed by atoms with Crippen molar-refractivity contribution >= 4 is 41.1 Å². The number of benzene rings is 2. The Morgan fingerprint density at radius 2 is 1.83 bits per heavy atom. The third-order valence-corrected chi connectivity index (χ3v) is 4.53. The van der Waals surface area contributed by atoms with Crippen LogP contribution in [0.25, 0.3) is 17.4 Å². The van der Waals surface area contributed by atoms with Crippen LogP contribution < -0.4 is 10.4 Å². The van der Waals surface area contributed by atoms with Crippen molar-refractivity contribution in [1.82, 2.24) is 5.43 Å². The van der Waals surface area contributed by atoms with E-state index in [-0.39, 0.29) is 27.7 Å². The molecule has 0 unspecified atom stereocenters. The van der Waals surface area contributed by atoms with Crippen LogP contribution in [0.3, 0.4) is 0 Å². The third kappa shape index (κ3) is 3.51. The molecule has 2 aromatic carbocycles. The highest BCUT2D eigenvalue weighted by Crippen LogP contribution is 2.30. The van der Waals surface area contributed by atoms with E-state index in [0.717, 1.165) is 5.01 Å². The molecule has 0 atom stereocenters. The summed E-state index contributed by atoms with van der Waals surface area (Å²) < 4.78 is 5.67. The molecule has 0 aliphatic carbocycles. The van der Waals surface area contributed by atoms with Gasteiger partial charge in [0.05, 0.1) is 11.3 Å². The molecule has 2 amide bonds. The number of carboxylic acids is 1. The van der Waals surface area contributed by atoms with Gasteiger partial charge in [0, 0.05) is 10.6 Å². The van der Waals surface area contributed by atoms with Gasteiger partial charge in [-0.2, -0.15) is 0 Å². The zero-order chi connectivity index (χ0) is 20.5. The molecule has 144 valence electrons. The Bertz CT molecular complexity index is 1170. The lowest BCUT2D eigenvalue weighted by atomic mass is 10.1. The van der Waals surface area contributed by atoms with Gasteiger partial charge in [-0.15, -0.1) is 0 Å². The summed E-state index contributed by atoms with van der Waals surface area (Å²) in [6.45, 7) is 0.